The van der Waals surface area contributed by atoms with E-state index in [0.717, 1.165) is 5.56 Å². The van der Waals surface area contributed by atoms with Crippen molar-refractivity contribution in [2.45, 2.75) is 27.2 Å². The van der Waals surface area contributed by atoms with E-state index in [1.54, 1.807) is 26.0 Å². The summed E-state index contributed by atoms with van der Waals surface area (Å²) in [4.78, 5) is 37.6. The van der Waals surface area contributed by atoms with Crippen LogP contribution in [0.15, 0.2) is 28.8 Å². The molecule has 1 saturated heterocycles. The molecule has 0 bridgehead atoms. The van der Waals surface area contributed by atoms with Crippen LogP contribution in [0.5, 0.6) is 0 Å². The van der Waals surface area contributed by atoms with Crippen molar-refractivity contribution in [1.29, 1.82) is 0 Å². The van der Waals surface area contributed by atoms with E-state index >= 15 is 0 Å². The van der Waals surface area contributed by atoms with Crippen LogP contribution in [0.4, 0.5) is 0 Å². The third-order valence-electron chi connectivity index (χ3n) is 4.51. The fourth-order valence-corrected chi connectivity index (χ4v) is 3.05. The third-order valence-corrected chi connectivity index (χ3v) is 4.51. The lowest BCUT2D eigenvalue weighted by Crippen LogP contribution is -2.48. The fourth-order valence-electron chi connectivity index (χ4n) is 3.05. The van der Waals surface area contributed by atoms with Crippen molar-refractivity contribution >= 4 is 17.7 Å². The Balaban J connectivity index is 1.64. The van der Waals surface area contributed by atoms with Crippen LogP contribution in [0, 0.1) is 20.8 Å². The van der Waals surface area contributed by atoms with E-state index in [9.17, 15) is 14.4 Å². The number of hydrogen-bond donors (Lipinski definition) is 1. The van der Waals surface area contributed by atoms with E-state index in [1.165, 1.54) is 10.0 Å². The first-order valence-electron chi connectivity index (χ1n) is 8.78. The van der Waals surface area contributed by atoms with Gasteiger partial charge in [-0.2, -0.15) is 0 Å². The Morgan fingerprint density at radius 3 is 2.37 bits per heavy atom. The monoisotopic (exact) mass is 370 g/mol. The number of carbonyl (C=O) groups excluding carboxylic acids is 3. The number of rotatable bonds is 4. The Morgan fingerprint density at radius 1 is 1.07 bits per heavy atom. The van der Waals surface area contributed by atoms with Gasteiger partial charge < -0.3 is 9.84 Å². The van der Waals surface area contributed by atoms with Crippen LogP contribution >= 0.6 is 0 Å². The summed E-state index contributed by atoms with van der Waals surface area (Å²) in [5.41, 5.74) is 2.40. The minimum Gasteiger partial charge on any atom is -0.361 e. The highest BCUT2D eigenvalue weighted by Crippen LogP contribution is 2.20. The summed E-state index contributed by atoms with van der Waals surface area (Å²) in [5.74, 6) is -0.564. The standard InChI is InChI=1S/C19H22N4O4/c1-12-5-7-15(8-6-12)18(25)20-11-16(24)22-9-4-10-23(22)19(26)17-13(2)21-27-14(17)3/h5-8H,4,9-11H2,1-3H3,(H,20,25). The highest BCUT2D eigenvalue weighted by atomic mass is 16.5. The molecule has 3 amide bonds. The van der Waals surface area contributed by atoms with Crippen LogP contribution in [-0.4, -0.2) is 52.5 Å². The SMILES string of the molecule is Cc1ccc(C(=O)NCC(=O)N2CCCN2C(=O)c2c(C)noc2C)cc1. The molecular formula is C19H22N4O4. The maximum Gasteiger partial charge on any atom is 0.277 e. The van der Waals surface area contributed by atoms with Crippen molar-refractivity contribution in [2.75, 3.05) is 19.6 Å². The highest BCUT2D eigenvalue weighted by molar-refractivity contribution is 5.99. The van der Waals surface area contributed by atoms with Crippen molar-refractivity contribution in [3.8, 4) is 0 Å². The lowest BCUT2D eigenvalue weighted by molar-refractivity contribution is -0.139. The Kier molecular flexibility index (Phi) is 5.25. The molecule has 1 N–H and O–H groups in total. The van der Waals surface area contributed by atoms with E-state index in [0.29, 0.717) is 42.1 Å². The van der Waals surface area contributed by atoms with E-state index in [2.05, 4.69) is 10.5 Å². The summed E-state index contributed by atoms with van der Waals surface area (Å²) < 4.78 is 5.05. The van der Waals surface area contributed by atoms with Crippen molar-refractivity contribution in [3.05, 3.63) is 52.4 Å². The van der Waals surface area contributed by atoms with Crippen molar-refractivity contribution in [1.82, 2.24) is 20.5 Å². The summed E-state index contributed by atoms with van der Waals surface area (Å²) in [5, 5.41) is 9.18. The summed E-state index contributed by atoms with van der Waals surface area (Å²) >= 11 is 0. The molecule has 0 unspecified atom stereocenters. The Hall–Kier alpha value is -3.16. The number of hydrogen-bond acceptors (Lipinski definition) is 5. The van der Waals surface area contributed by atoms with Gasteiger partial charge in [0.2, 0.25) is 0 Å². The smallest absolute Gasteiger partial charge is 0.277 e. The fraction of sp³-hybridized carbons (Fsp3) is 0.368. The molecule has 1 aliphatic rings. The Morgan fingerprint density at radius 2 is 1.74 bits per heavy atom. The van der Waals surface area contributed by atoms with Crippen molar-refractivity contribution < 1.29 is 18.9 Å². The predicted molar refractivity (Wildman–Crippen MR) is 96.9 cm³/mol. The number of carbonyl (C=O) groups is 3. The van der Waals surface area contributed by atoms with Crippen LogP contribution in [0.1, 0.15) is 44.2 Å². The average molecular weight is 370 g/mol. The maximum absolute atomic E-state index is 12.8. The molecule has 142 valence electrons. The van der Waals surface area contributed by atoms with E-state index in [-0.39, 0.29) is 24.3 Å². The zero-order chi connectivity index (χ0) is 19.6. The molecule has 0 spiro atoms. The number of nitrogens with zero attached hydrogens (tertiary/aromatic N) is 3. The van der Waals surface area contributed by atoms with Gasteiger partial charge in [-0.15, -0.1) is 0 Å². The van der Waals surface area contributed by atoms with Gasteiger partial charge in [0.15, 0.2) is 0 Å². The minimum atomic E-state index is -0.340. The molecule has 8 nitrogen and oxygen atoms in total. The number of amides is 3. The molecule has 27 heavy (non-hydrogen) atoms. The quantitative estimate of drug-likeness (QED) is 0.882. The predicted octanol–water partition coefficient (Wildman–Crippen LogP) is 1.62. The molecular weight excluding hydrogens is 348 g/mol. The molecule has 1 aliphatic heterocycles. The number of nitrogens with one attached hydrogen (secondary N) is 1. The van der Waals surface area contributed by atoms with E-state index < -0.39 is 0 Å². The number of benzene rings is 1. The lowest BCUT2D eigenvalue weighted by atomic mass is 10.1. The molecule has 1 aromatic heterocycles. The average Bonchev–Trinajstić information content (AvgIpc) is 3.26. The van der Waals surface area contributed by atoms with Crippen molar-refractivity contribution in [2.24, 2.45) is 0 Å². The maximum atomic E-state index is 12.8. The largest absolute Gasteiger partial charge is 0.361 e. The van der Waals surface area contributed by atoms with E-state index in [4.69, 9.17) is 4.52 Å². The van der Waals surface area contributed by atoms with Crippen LogP contribution in [0.2, 0.25) is 0 Å². The second-order valence-electron chi connectivity index (χ2n) is 6.55. The van der Waals surface area contributed by atoms with Gasteiger partial charge in [0.1, 0.15) is 11.3 Å². The zero-order valence-electron chi connectivity index (χ0n) is 15.6. The Labute approximate surface area is 157 Å². The molecule has 2 aromatic rings. The van der Waals surface area contributed by atoms with Crippen LogP contribution in [0.25, 0.3) is 0 Å². The third kappa shape index (κ3) is 3.84. The molecule has 0 aliphatic carbocycles. The van der Waals surface area contributed by atoms with Gasteiger partial charge >= 0.3 is 0 Å². The first kappa shape index (κ1) is 18.6. The van der Waals surface area contributed by atoms with Gasteiger partial charge in [-0.1, -0.05) is 22.9 Å². The molecule has 3 rings (SSSR count). The minimum absolute atomic E-state index is 0.182. The molecule has 1 fully saturated rings. The van der Waals surface area contributed by atoms with Gasteiger partial charge in [-0.3, -0.25) is 14.4 Å². The lowest BCUT2D eigenvalue weighted by Gasteiger charge is -2.27. The number of aryl methyl sites for hydroxylation is 3. The normalized spacial score (nSPS) is 13.7. The van der Waals surface area contributed by atoms with Gasteiger partial charge in [0.05, 0.1) is 12.2 Å². The summed E-state index contributed by atoms with van der Waals surface area (Å²) in [6.07, 6.45) is 0.673. The first-order chi connectivity index (χ1) is 12.9. The van der Waals surface area contributed by atoms with Crippen molar-refractivity contribution in [3.63, 3.8) is 0 Å². The summed E-state index contributed by atoms with van der Waals surface area (Å²) in [6, 6.07) is 7.08. The van der Waals surface area contributed by atoms with Crippen LogP contribution < -0.4 is 5.32 Å². The van der Waals surface area contributed by atoms with E-state index in [1.807, 2.05) is 19.1 Å². The Bertz CT molecular complexity index is 853. The van der Waals surface area contributed by atoms with Gasteiger partial charge in [-0.25, -0.2) is 10.0 Å². The van der Waals surface area contributed by atoms with Crippen LogP contribution in [-0.2, 0) is 4.79 Å². The highest BCUT2D eigenvalue weighted by Gasteiger charge is 2.33. The summed E-state index contributed by atoms with van der Waals surface area (Å²) in [6.45, 7) is 5.96. The molecule has 0 radical (unpaired) electrons. The van der Waals surface area contributed by atoms with Crippen LogP contribution in [0.3, 0.4) is 0 Å². The molecule has 0 saturated carbocycles. The second-order valence-corrected chi connectivity index (χ2v) is 6.55. The summed E-state index contributed by atoms with van der Waals surface area (Å²) in [7, 11) is 0. The molecule has 0 atom stereocenters. The topological polar surface area (TPSA) is 95.8 Å². The number of aromatic nitrogens is 1. The first-order valence-corrected chi connectivity index (χ1v) is 8.78. The number of hydrazine groups is 1. The molecule has 8 heteroatoms. The van der Waals surface area contributed by atoms with Gasteiger partial charge in [0.25, 0.3) is 17.7 Å². The molecule has 2 heterocycles. The van der Waals surface area contributed by atoms with Gasteiger partial charge in [-0.05, 0) is 39.3 Å². The van der Waals surface area contributed by atoms with Gasteiger partial charge in [0, 0.05) is 18.7 Å². The zero-order valence-corrected chi connectivity index (χ0v) is 15.6. The molecule has 1 aromatic carbocycles. The second kappa shape index (κ2) is 7.61.